The first-order valence-electron chi connectivity index (χ1n) is 6.43. The zero-order valence-electron chi connectivity index (χ0n) is 11.8. The molecule has 0 aliphatic carbocycles. The summed E-state index contributed by atoms with van der Waals surface area (Å²) in [4.78, 5) is 24.8. The van der Waals surface area contributed by atoms with Crippen LogP contribution in [0, 0.1) is 13.8 Å². The van der Waals surface area contributed by atoms with Crippen molar-refractivity contribution in [3.63, 3.8) is 0 Å². The number of rotatable bonds is 4. The van der Waals surface area contributed by atoms with Gasteiger partial charge in [0.05, 0.1) is 11.3 Å². The highest BCUT2D eigenvalue weighted by Gasteiger charge is 2.32. The van der Waals surface area contributed by atoms with Gasteiger partial charge >= 0.3 is 5.97 Å². The fraction of sp³-hybridized carbons (Fsp3) is 0.267. The van der Waals surface area contributed by atoms with Crippen molar-refractivity contribution in [2.75, 3.05) is 6.54 Å². The molecule has 1 heterocycles. The summed E-state index contributed by atoms with van der Waals surface area (Å²) in [5, 5.41) is 8.71. The number of aryl methyl sites for hydroxylation is 2. The van der Waals surface area contributed by atoms with Crippen LogP contribution in [-0.2, 0) is 9.59 Å². The molecule has 1 aromatic carbocycles. The lowest BCUT2D eigenvalue weighted by Gasteiger charge is -2.12. The van der Waals surface area contributed by atoms with Gasteiger partial charge < -0.3 is 5.11 Å². The minimum atomic E-state index is -0.942. The van der Waals surface area contributed by atoms with Crippen LogP contribution >= 0.6 is 24.0 Å². The van der Waals surface area contributed by atoms with Crippen molar-refractivity contribution in [3.8, 4) is 0 Å². The summed E-state index contributed by atoms with van der Waals surface area (Å²) in [5.74, 6) is -1.16. The summed E-state index contributed by atoms with van der Waals surface area (Å²) < 4.78 is 0.415. The minimum absolute atomic E-state index is 0.108. The minimum Gasteiger partial charge on any atom is -0.481 e. The third-order valence-electron chi connectivity index (χ3n) is 3.14. The average molecular weight is 321 g/mol. The monoisotopic (exact) mass is 321 g/mol. The smallest absolute Gasteiger partial charge is 0.305 e. The van der Waals surface area contributed by atoms with Gasteiger partial charge in [-0.3, -0.25) is 14.5 Å². The van der Waals surface area contributed by atoms with Gasteiger partial charge in [-0.1, -0.05) is 47.7 Å². The summed E-state index contributed by atoms with van der Waals surface area (Å²) in [6.45, 7) is 4.09. The van der Waals surface area contributed by atoms with Crippen molar-refractivity contribution in [1.82, 2.24) is 4.90 Å². The fourth-order valence-corrected chi connectivity index (χ4v) is 3.26. The second kappa shape index (κ2) is 6.41. The number of benzene rings is 1. The van der Waals surface area contributed by atoms with E-state index in [0.717, 1.165) is 16.7 Å². The maximum Gasteiger partial charge on any atom is 0.305 e. The molecule has 2 rings (SSSR count). The second-order valence-electron chi connectivity index (χ2n) is 4.84. The van der Waals surface area contributed by atoms with E-state index in [4.69, 9.17) is 17.3 Å². The molecule has 1 fully saturated rings. The SMILES string of the molecule is Cc1ccc(C)c(/C=C2/SC(=S)N(CCC(=O)O)C2=O)c1. The number of thioether (sulfide) groups is 1. The van der Waals surface area contributed by atoms with Crippen molar-refractivity contribution in [2.24, 2.45) is 0 Å². The van der Waals surface area contributed by atoms with Crippen molar-refractivity contribution in [2.45, 2.75) is 20.3 Å². The summed E-state index contributed by atoms with van der Waals surface area (Å²) >= 11 is 6.37. The standard InChI is InChI=1S/C15H15NO3S2/c1-9-3-4-10(2)11(7-9)8-12-14(19)16(15(20)21-12)6-5-13(17)18/h3-4,7-8H,5-6H2,1-2H3,(H,17,18)/b12-8+. The lowest BCUT2D eigenvalue weighted by molar-refractivity contribution is -0.137. The van der Waals surface area contributed by atoms with Crippen LogP contribution in [0.25, 0.3) is 6.08 Å². The van der Waals surface area contributed by atoms with Crippen molar-refractivity contribution in [1.29, 1.82) is 0 Å². The predicted octanol–water partition coefficient (Wildman–Crippen LogP) is 2.98. The summed E-state index contributed by atoms with van der Waals surface area (Å²) in [5.41, 5.74) is 3.18. The molecule has 1 saturated heterocycles. The Morgan fingerprint density at radius 2 is 2.14 bits per heavy atom. The van der Waals surface area contributed by atoms with Crippen LogP contribution in [0.15, 0.2) is 23.1 Å². The number of thiocarbonyl (C=S) groups is 1. The topological polar surface area (TPSA) is 57.6 Å². The Labute approximate surface area is 132 Å². The molecule has 0 unspecified atom stereocenters. The van der Waals surface area contributed by atoms with E-state index < -0.39 is 5.97 Å². The average Bonchev–Trinajstić information content (AvgIpc) is 2.66. The number of carboxylic acids is 1. The van der Waals surface area contributed by atoms with E-state index in [1.807, 2.05) is 38.1 Å². The molecule has 0 radical (unpaired) electrons. The molecule has 0 saturated carbocycles. The molecule has 0 aromatic heterocycles. The van der Waals surface area contributed by atoms with Crippen LogP contribution in [0.1, 0.15) is 23.1 Å². The van der Waals surface area contributed by atoms with Crippen molar-refractivity contribution >= 4 is 46.3 Å². The van der Waals surface area contributed by atoms with Gasteiger partial charge in [0, 0.05) is 6.54 Å². The Kier molecular flexibility index (Phi) is 4.80. The lowest BCUT2D eigenvalue weighted by atomic mass is 10.1. The Morgan fingerprint density at radius 1 is 1.43 bits per heavy atom. The van der Waals surface area contributed by atoms with Crippen LogP contribution in [0.5, 0.6) is 0 Å². The zero-order chi connectivity index (χ0) is 15.6. The molecule has 0 atom stereocenters. The molecular weight excluding hydrogens is 306 g/mol. The molecule has 110 valence electrons. The van der Waals surface area contributed by atoms with Gasteiger partial charge in [0.15, 0.2) is 0 Å². The van der Waals surface area contributed by atoms with E-state index in [0.29, 0.717) is 9.23 Å². The third-order valence-corrected chi connectivity index (χ3v) is 4.52. The largest absolute Gasteiger partial charge is 0.481 e. The number of amides is 1. The molecule has 21 heavy (non-hydrogen) atoms. The highest BCUT2D eigenvalue weighted by atomic mass is 32.2. The van der Waals surface area contributed by atoms with Gasteiger partial charge in [-0.25, -0.2) is 0 Å². The number of carbonyl (C=O) groups is 2. The molecule has 0 bridgehead atoms. The van der Waals surface area contributed by atoms with Crippen molar-refractivity contribution < 1.29 is 14.7 Å². The highest BCUT2D eigenvalue weighted by molar-refractivity contribution is 8.26. The quantitative estimate of drug-likeness (QED) is 0.682. The van der Waals surface area contributed by atoms with Gasteiger partial charge in [-0.15, -0.1) is 0 Å². The van der Waals surface area contributed by atoms with E-state index in [1.165, 1.54) is 16.7 Å². The lowest BCUT2D eigenvalue weighted by Crippen LogP contribution is -2.30. The first-order chi connectivity index (χ1) is 9.88. The maximum absolute atomic E-state index is 12.3. The van der Waals surface area contributed by atoms with Crippen LogP contribution < -0.4 is 0 Å². The molecule has 1 amide bonds. The molecule has 4 nitrogen and oxygen atoms in total. The summed E-state index contributed by atoms with van der Waals surface area (Å²) in [6, 6.07) is 6.04. The van der Waals surface area contributed by atoms with E-state index in [9.17, 15) is 9.59 Å². The normalized spacial score (nSPS) is 16.9. The maximum atomic E-state index is 12.3. The Balaban J connectivity index is 2.23. The molecule has 1 N–H and O–H groups in total. The zero-order valence-corrected chi connectivity index (χ0v) is 13.4. The summed E-state index contributed by atoms with van der Waals surface area (Å²) in [7, 11) is 0. The molecule has 0 spiro atoms. The predicted molar refractivity (Wildman–Crippen MR) is 88.0 cm³/mol. The van der Waals surface area contributed by atoms with Gasteiger partial charge in [-0.05, 0) is 31.1 Å². The number of aliphatic carboxylic acids is 1. The summed E-state index contributed by atoms with van der Waals surface area (Å²) in [6.07, 6.45) is 1.71. The Bertz CT molecular complexity index is 652. The number of hydrogen-bond donors (Lipinski definition) is 1. The number of carboxylic acid groups (broad SMARTS) is 1. The van der Waals surface area contributed by atoms with Crippen molar-refractivity contribution in [3.05, 3.63) is 39.8 Å². The van der Waals surface area contributed by atoms with E-state index in [1.54, 1.807) is 0 Å². The van der Waals surface area contributed by atoms with Crippen LogP contribution in [-0.4, -0.2) is 32.7 Å². The molecule has 1 aliphatic rings. The first kappa shape index (κ1) is 15.7. The number of carbonyl (C=O) groups excluding carboxylic acids is 1. The third kappa shape index (κ3) is 3.71. The second-order valence-corrected chi connectivity index (χ2v) is 6.51. The Morgan fingerprint density at radius 3 is 2.81 bits per heavy atom. The van der Waals surface area contributed by atoms with Crippen LogP contribution in [0.2, 0.25) is 0 Å². The first-order valence-corrected chi connectivity index (χ1v) is 7.65. The number of hydrogen-bond acceptors (Lipinski definition) is 4. The molecule has 6 heteroatoms. The highest BCUT2D eigenvalue weighted by Crippen LogP contribution is 2.33. The Hall–Kier alpha value is -1.66. The van der Waals surface area contributed by atoms with Gasteiger partial charge in [-0.2, -0.15) is 0 Å². The van der Waals surface area contributed by atoms with E-state index in [2.05, 4.69) is 0 Å². The van der Waals surface area contributed by atoms with Gasteiger partial charge in [0.2, 0.25) is 0 Å². The van der Waals surface area contributed by atoms with E-state index in [-0.39, 0.29) is 18.9 Å². The van der Waals surface area contributed by atoms with Crippen LogP contribution in [0.4, 0.5) is 0 Å². The van der Waals surface area contributed by atoms with Gasteiger partial charge in [0.1, 0.15) is 4.32 Å². The molecular formula is C15H15NO3S2. The van der Waals surface area contributed by atoms with E-state index >= 15 is 0 Å². The van der Waals surface area contributed by atoms with Gasteiger partial charge in [0.25, 0.3) is 5.91 Å². The molecule has 1 aliphatic heterocycles. The molecule has 1 aromatic rings. The number of nitrogens with zero attached hydrogens (tertiary/aromatic N) is 1. The fourth-order valence-electron chi connectivity index (χ4n) is 1.96. The van der Waals surface area contributed by atoms with Crippen LogP contribution in [0.3, 0.4) is 0 Å².